The molecule has 2 heterocycles. The van der Waals surface area contributed by atoms with E-state index in [0.29, 0.717) is 37.7 Å². The number of amides is 1. The fraction of sp³-hybridized carbons (Fsp3) is 0.600. The Morgan fingerprint density at radius 2 is 1.91 bits per heavy atom. The van der Waals surface area contributed by atoms with Crippen molar-refractivity contribution in [3.05, 3.63) is 12.1 Å². The Labute approximate surface area is 136 Å². The number of piperazine rings is 1. The van der Waals surface area contributed by atoms with Crippen LogP contribution in [0, 0.1) is 0 Å². The summed E-state index contributed by atoms with van der Waals surface area (Å²) < 4.78 is 5.39. The molecule has 1 aliphatic heterocycles. The van der Waals surface area contributed by atoms with Crippen LogP contribution in [0.2, 0.25) is 0 Å². The highest BCUT2D eigenvalue weighted by Gasteiger charge is 2.26. The molecule has 0 spiro atoms. The van der Waals surface area contributed by atoms with E-state index in [1.54, 1.807) is 4.90 Å². The number of nitrogen functional groups attached to an aromatic ring is 1. The van der Waals surface area contributed by atoms with Crippen molar-refractivity contribution in [2.75, 3.05) is 49.4 Å². The van der Waals surface area contributed by atoms with E-state index in [2.05, 4.69) is 15.4 Å². The molecule has 0 saturated carbocycles. The number of hydrogen-bond donors (Lipinski definition) is 2. The molecule has 2 rings (SSSR count). The Kier molecular flexibility index (Phi) is 5.15. The number of anilines is 3. The predicted octanol–water partition coefficient (Wildman–Crippen LogP) is 1.69. The van der Waals surface area contributed by atoms with E-state index in [9.17, 15) is 4.79 Å². The third kappa shape index (κ3) is 4.62. The van der Waals surface area contributed by atoms with Gasteiger partial charge in [-0.25, -0.2) is 9.78 Å². The van der Waals surface area contributed by atoms with Crippen molar-refractivity contribution < 1.29 is 14.4 Å². The number of nitrogens with two attached hydrogens (primary N) is 1. The third-order valence-corrected chi connectivity index (χ3v) is 3.38. The maximum absolute atomic E-state index is 12.1. The van der Waals surface area contributed by atoms with Crippen molar-refractivity contribution in [3.8, 4) is 0 Å². The molecule has 0 aliphatic carbocycles. The van der Waals surface area contributed by atoms with E-state index in [-0.39, 0.29) is 6.09 Å². The number of aromatic nitrogens is 1. The molecular formula is C15H25N5O3. The lowest BCUT2D eigenvalue weighted by Gasteiger charge is -2.36. The summed E-state index contributed by atoms with van der Waals surface area (Å²) in [7, 11) is 1.52. The molecule has 0 atom stereocenters. The van der Waals surface area contributed by atoms with E-state index in [0.717, 1.165) is 5.82 Å². The van der Waals surface area contributed by atoms with Gasteiger partial charge in [0, 0.05) is 26.2 Å². The number of nitrogens with zero attached hydrogens (tertiary/aromatic N) is 3. The van der Waals surface area contributed by atoms with Gasteiger partial charge in [-0.2, -0.15) is 0 Å². The van der Waals surface area contributed by atoms with Gasteiger partial charge < -0.3 is 20.3 Å². The highest BCUT2D eigenvalue weighted by molar-refractivity contribution is 5.69. The molecule has 1 aromatic heterocycles. The first-order valence-corrected chi connectivity index (χ1v) is 7.58. The molecule has 3 N–H and O–H groups in total. The summed E-state index contributed by atoms with van der Waals surface area (Å²) in [6, 6.07) is 3.70. The second-order valence-corrected chi connectivity index (χ2v) is 6.36. The van der Waals surface area contributed by atoms with Gasteiger partial charge in [-0.1, -0.05) is 0 Å². The molecule has 1 amide bonds. The fourth-order valence-corrected chi connectivity index (χ4v) is 2.28. The van der Waals surface area contributed by atoms with Crippen LogP contribution < -0.4 is 16.1 Å². The first-order valence-electron chi connectivity index (χ1n) is 7.58. The fourth-order valence-electron chi connectivity index (χ4n) is 2.28. The molecule has 1 fully saturated rings. The smallest absolute Gasteiger partial charge is 0.410 e. The molecule has 8 nitrogen and oxygen atoms in total. The summed E-state index contributed by atoms with van der Waals surface area (Å²) in [5, 5.41) is 0. The molecule has 128 valence electrons. The van der Waals surface area contributed by atoms with Crippen LogP contribution in [0.1, 0.15) is 20.8 Å². The van der Waals surface area contributed by atoms with Gasteiger partial charge in [0.05, 0.1) is 7.11 Å². The molecule has 23 heavy (non-hydrogen) atoms. The van der Waals surface area contributed by atoms with Crippen LogP contribution in [0.15, 0.2) is 12.1 Å². The highest BCUT2D eigenvalue weighted by atomic mass is 16.6. The summed E-state index contributed by atoms with van der Waals surface area (Å²) >= 11 is 0. The SMILES string of the molecule is CONc1ccc(N2CCN(C(=O)OC(C)(C)C)CC2)nc1N. The minimum absolute atomic E-state index is 0.274. The van der Waals surface area contributed by atoms with Gasteiger partial charge in [0.1, 0.15) is 17.1 Å². The monoisotopic (exact) mass is 323 g/mol. The quantitative estimate of drug-likeness (QED) is 0.818. The van der Waals surface area contributed by atoms with E-state index in [4.69, 9.17) is 15.3 Å². The number of ether oxygens (including phenoxy) is 1. The third-order valence-electron chi connectivity index (χ3n) is 3.38. The Morgan fingerprint density at radius 1 is 1.26 bits per heavy atom. The number of rotatable bonds is 3. The van der Waals surface area contributed by atoms with Crippen LogP contribution in [0.25, 0.3) is 0 Å². The topological polar surface area (TPSA) is 93.0 Å². The summed E-state index contributed by atoms with van der Waals surface area (Å²) in [5.74, 6) is 1.16. The Bertz CT molecular complexity index is 551. The summed E-state index contributed by atoms with van der Waals surface area (Å²) in [6.07, 6.45) is -0.274. The number of nitrogens with one attached hydrogen (secondary N) is 1. The number of hydrogen-bond acceptors (Lipinski definition) is 7. The van der Waals surface area contributed by atoms with E-state index in [1.165, 1.54) is 7.11 Å². The van der Waals surface area contributed by atoms with Gasteiger partial charge in [-0.3, -0.25) is 10.3 Å². The Balaban J connectivity index is 1.94. The van der Waals surface area contributed by atoms with Crippen LogP contribution in [-0.2, 0) is 9.57 Å². The van der Waals surface area contributed by atoms with Crippen molar-refractivity contribution in [2.45, 2.75) is 26.4 Å². The zero-order chi connectivity index (χ0) is 17.0. The standard InChI is InChI=1S/C15H25N5O3/c1-15(2,3)23-14(21)20-9-7-19(8-10-20)12-6-5-11(18-22-4)13(16)17-12/h5-6,18H,7-10H2,1-4H3,(H2,16,17). The van der Waals surface area contributed by atoms with E-state index >= 15 is 0 Å². The van der Waals surface area contributed by atoms with Crippen molar-refractivity contribution in [3.63, 3.8) is 0 Å². The molecular weight excluding hydrogens is 298 g/mol. The van der Waals surface area contributed by atoms with Gasteiger partial charge in [0.15, 0.2) is 5.82 Å². The van der Waals surface area contributed by atoms with Gasteiger partial charge in [0.2, 0.25) is 0 Å². The predicted molar refractivity (Wildman–Crippen MR) is 89.3 cm³/mol. The minimum Gasteiger partial charge on any atom is -0.444 e. The molecule has 8 heteroatoms. The van der Waals surface area contributed by atoms with Crippen molar-refractivity contribution >= 4 is 23.4 Å². The average molecular weight is 323 g/mol. The summed E-state index contributed by atoms with van der Waals surface area (Å²) in [4.78, 5) is 25.1. The zero-order valence-corrected chi connectivity index (χ0v) is 14.1. The highest BCUT2D eigenvalue weighted by Crippen LogP contribution is 2.22. The van der Waals surface area contributed by atoms with Crippen LogP contribution in [0.3, 0.4) is 0 Å². The number of carbonyl (C=O) groups is 1. The molecule has 1 aromatic rings. The maximum Gasteiger partial charge on any atom is 0.410 e. The van der Waals surface area contributed by atoms with E-state index < -0.39 is 5.60 Å². The number of carbonyl (C=O) groups excluding carboxylic acids is 1. The first-order chi connectivity index (χ1) is 10.8. The lowest BCUT2D eigenvalue weighted by Crippen LogP contribution is -2.50. The minimum atomic E-state index is -0.478. The van der Waals surface area contributed by atoms with Crippen molar-refractivity contribution in [1.29, 1.82) is 0 Å². The molecule has 1 aliphatic rings. The van der Waals surface area contributed by atoms with Gasteiger partial charge in [-0.05, 0) is 32.9 Å². The summed E-state index contributed by atoms with van der Waals surface area (Å²) in [6.45, 7) is 8.14. The molecule has 0 bridgehead atoms. The Hall–Kier alpha value is -2.22. The zero-order valence-electron chi connectivity index (χ0n) is 14.1. The van der Waals surface area contributed by atoms with Gasteiger partial charge in [0.25, 0.3) is 0 Å². The maximum atomic E-state index is 12.1. The molecule has 0 radical (unpaired) electrons. The van der Waals surface area contributed by atoms with Crippen LogP contribution in [-0.4, -0.2) is 54.9 Å². The van der Waals surface area contributed by atoms with Crippen molar-refractivity contribution in [1.82, 2.24) is 9.88 Å². The average Bonchev–Trinajstić information content (AvgIpc) is 2.48. The van der Waals surface area contributed by atoms with Crippen molar-refractivity contribution in [2.24, 2.45) is 0 Å². The van der Waals surface area contributed by atoms with Gasteiger partial charge >= 0.3 is 6.09 Å². The lowest BCUT2D eigenvalue weighted by molar-refractivity contribution is 0.0240. The van der Waals surface area contributed by atoms with Crippen LogP contribution >= 0.6 is 0 Å². The second kappa shape index (κ2) is 6.91. The normalized spacial score (nSPS) is 15.5. The van der Waals surface area contributed by atoms with Crippen LogP contribution in [0.5, 0.6) is 0 Å². The molecule has 0 unspecified atom stereocenters. The Morgan fingerprint density at radius 3 is 2.43 bits per heavy atom. The van der Waals surface area contributed by atoms with Gasteiger partial charge in [-0.15, -0.1) is 0 Å². The van der Waals surface area contributed by atoms with Crippen LogP contribution in [0.4, 0.5) is 22.1 Å². The first kappa shape index (κ1) is 17.1. The van der Waals surface area contributed by atoms with E-state index in [1.807, 2.05) is 32.9 Å². The second-order valence-electron chi connectivity index (χ2n) is 6.36. The molecule has 0 aromatic carbocycles. The molecule has 1 saturated heterocycles. The lowest BCUT2D eigenvalue weighted by atomic mass is 10.2. The largest absolute Gasteiger partial charge is 0.444 e. The summed E-state index contributed by atoms with van der Waals surface area (Å²) in [5.41, 5.74) is 8.72. The number of pyridine rings is 1.